The molecular weight excluding hydrogens is 232 g/mol. The van der Waals surface area contributed by atoms with E-state index in [1.165, 1.54) is 5.56 Å². The van der Waals surface area contributed by atoms with E-state index in [2.05, 4.69) is 6.92 Å². The fourth-order valence-electron chi connectivity index (χ4n) is 2.76. The molecule has 0 aliphatic heterocycles. The van der Waals surface area contributed by atoms with Gasteiger partial charge in [0.1, 0.15) is 0 Å². The first-order valence-corrected chi connectivity index (χ1v) is 6.74. The van der Waals surface area contributed by atoms with Crippen molar-refractivity contribution >= 4 is 0 Å². The van der Waals surface area contributed by atoms with Crippen molar-refractivity contribution in [3.8, 4) is 0 Å². The topological polar surface area (TPSA) is 26.0 Å². The molecule has 1 aliphatic rings. The Labute approximate surface area is 107 Å². The van der Waals surface area contributed by atoms with Crippen LogP contribution in [-0.4, -0.2) is 5.92 Å². The van der Waals surface area contributed by atoms with Crippen molar-refractivity contribution in [2.24, 2.45) is 11.7 Å². The summed E-state index contributed by atoms with van der Waals surface area (Å²) in [5.41, 5.74) is 8.38. The van der Waals surface area contributed by atoms with Crippen LogP contribution in [0.4, 0.5) is 8.78 Å². The van der Waals surface area contributed by atoms with Crippen molar-refractivity contribution in [3.63, 3.8) is 0 Å². The van der Waals surface area contributed by atoms with Crippen LogP contribution in [-0.2, 0) is 6.42 Å². The summed E-state index contributed by atoms with van der Waals surface area (Å²) in [6.45, 7) is 2.09. The summed E-state index contributed by atoms with van der Waals surface area (Å²) >= 11 is 0. The monoisotopic (exact) mass is 253 g/mol. The molecule has 0 aromatic heterocycles. The van der Waals surface area contributed by atoms with E-state index in [4.69, 9.17) is 5.73 Å². The molecule has 18 heavy (non-hydrogen) atoms. The van der Waals surface area contributed by atoms with Crippen LogP contribution < -0.4 is 5.73 Å². The van der Waals surface area contributed by atoms with Gasteiger partial charge >= 0.3 is 0 Å². The molecule has 0 spiro atoms. The van der Waals surface area contributed by atoms with Gasteiger partial charge in [-0.15, -0.1) is 0 Å². The number of hydrogen-bond acceptors (Lipinski definition) is 1. The van der Waals surface area contributed by atoms with Crippen molar-refractivity contribution in [2.75, 3.05) is 0 Å². The maximum absolute atomic E-state index is 13.4. The van der Waals surface area contributed by atoms with Crippen molar-refractivity contribution in [1.82, 2.24) is 0 Å². The molecule has 2 atom stereocenters. The molecule has 0 saturated heterocycles. The van der Waals surface area contributed by atoms with E-state index in [-0.39, 0.29) is 24.8 Å². The maximum atomic E-state index is 13.4. The third-order valence-corrected chi connectivity index (χ3v) is 3.96. The number of rotatable bonds is 3. The number of aryl methyl sites for hydroxylation is 1. The Morgan fingerprint density at radius 3 is 2.56 bits per heavy atom. The second-order valence-corrected chi connectivity index (χ2v) is 5.33. The largest absolute Gasteiger partial charge is 0.324 e. The van der Waals surface area contributed by atoms with E-state index < -0.39 is 5.92 Å². The van der Waals surface area contributed by atoms with Gasteiger partial charge < -0.3 is 5.73 Å². The summed E-state index contributed by atoms with van der Waals surface area (Å²) in [5.74, 6) is -2.62. The summed E-state index contributed by atoms with van der Waals surface area (Å²) in [6, 6.07) is 7.78. The Balaban J connectivity index is 2.07. The molecule has 0 amide bonds. The molecule has 1 saturated carbocycles. The lowest BCUT2D eigenvalue weighted by molar-refractivity contribution is -0.0563. The number of nitrogens with two attached hydrogens (primary N) is 1. The first-order valence-electron chi connectivity index (χ1n) is 6.74. The first kappa shape index (κ1) is 13.5. The fourth-order valence-corrected chi connectivity index (χ4v) is 2.76. The van der Waals surface area contributed by atoms with Crippen LogP contribution in [0.1, 0.15) is 49.8 Å². The third kappa shape index (κ3) is 3.08. The highest BCUT2D eigenvalue weighted by Gasteiger charge is 2.38. The minimum absolute atomic E-state index is 0.0188. The number of benzene rings is 1. The highest BCUT2D eigenvalue weighted by atomic mass is 19.3. The van der Waals surface area contributed by atoms with Gasteiger partial charge in [-0.1, -0.05) is 31.2 Å². The van der Waals surface area contributed by atoms with E-state index in [1.807, 2.05) is 24.3 Å². The average Bonchev–Trinajstić information content (AvgIpc) is 2.37. The molecule has 1 nitrogen and oxygen atoms in total. The van der Waals surface area contributed by atoms with E-state index >= 15 is 0 Å². The van der Waals surface area contributed by atoms with Crippen molar-refractivity contribution in [3.05, 3.63) is 35.4 Å². The summed E-state index contributed by atoms with van der Waals surface area (Å²) in [4.78, 5) is 0. The summed E-state index contributed by atoms with van der Waals surface area (Å²) < 4.78 is 26.8. The van der Waals surface area contributed by atoms with Crippen LogP contribution in [0.3, 0.4) is 0 Å². The van der Waals surface area contributed by atoms with Gasteiger partial charge in [0.2, 0.25) is 5.92 Å². The second-order valence-electron chi connectivity index (χ2n) is 5.33. The zero-order valence-corrected chi connectivity index (χ0v) is 10.8. The van der Waals surface area contributed by atoms with Gasteiger partial charge in [-0.3, -0.25) is 0 Å². The molecule has 1 aromatic rings. The van der Waals surface area contributed by atoms with Crippen LogP contribution in [0, 0.1) is 5.92 Å². The lowest BCUT2D eigenvalue weighted by Gasteiger charge is -2.32. The van der Waals surface area contributed by atoms with Gasteiger partial charge in [-0.05, 0) is 36.3 Å². The van der Waals surface area contributed by atoms with Gasteiger partial charge in [-0.2, -0.15) is 0 Å². The normalized spacial score (nSPS) is 24.8. The smallest absolute Gasteiger partial charge is 0.248 e. The molecule has 1 aromatic carbocycles. The first-order chi connectivity index (χ1) is 8.52. The number of halogens is 2. The summed E-state index contributed by atoms with van der Waals surface area (Å²) in [6.07, 6.45) is 2.33. The minimum Gasteiger partial charge on any atom is -0.324 e. The van der Waals surface area contributed by atoms with Crippen LogP contribution in [0.25, 0.3) is 0 Å². The molecule has 0 heterocycles. The van der Waals surface area contributed by atoms with Gasteiger partial charge in [0.25, 0.3) is 0 Å². The second kappa shape index (κ2) is 5.35. The predicted molar refractivity (Wildman–Crippen MR) is 69.7 cm³/mol. The van der Waals surface area contributed by atoms with Crippen molar-refractivity contribution in [2.45, 2.75) is 51.0 Å². The zero-order chi connectivity index (χ0) is 13.2. The predicted octanol–water partition coefficient (Wildman–Crippen LogP) is 4.07. The van der Waals surface area contributed by atoms with Crippen LogP contribution in [0.15, 0.2) is 24.3 Å². The summed E-state index contributed by atoms with van der Waals surface area (Å²) in [5, 5.41) is 0. The van der Waals surface area contributed by atoms with Crippen molar-refractivity contribution in [1.29, 1.82) is 0 Å². The lowest BCUT2D eigenvalue weighted by Crippen LogP contribution is -2.32. The summed E-state index contributed by atoms with van der Waals surface area (Å²) in [7, 11) is 0. The zero-order valence-electron chi connectivity index (χ0n) is 10.8. The molecule has 2 rings (SSSR count). The molecule has 1 fully saturated rings. The highest BCUT2D eigenvalue weighted by molar-refractivity contribution is 5.25. The van der Waals surface area contributed by atoms with E-state index in [1.54, 1.807) is 0 Å². The number of hydrogen-bond donors (Lipinski definition) is 1. The molecular formula is C15H21F2N. The molecule has 3 heteroatoms. The van der Waals surface area contributed by atoms with Gasteiger partial charge in [0.05, 0.1) is 0 Å². The maximum Gasteiger partial charge on any atom is 0.248 e. The van der Waals surface area contributed by atoms with Gasteiger partial charge in [0, 0.05) is 18.9 Å². The highest BCUT2D eigenvalue weighted by Crippen LogP contribution is 2.41. The van der Waals surface area contributed by atoms with Gasteiger partial charge in [0.15, 0.2) is 0 Å². The minimum atomic E-state index is -2.52. The van der Waals surface area contributed by atoms with E-state index in [9.17, 15) is 8.78 Å². The lowest BCUT2D eigenvalue weighted by atomic mass is 9.79. The Morgan fingerprint density at radius 1 is 1.33 bits per heavy atom. The quantitative estimate of drug-likeness (QED) is 0.863. The molecule has 2 unspecified atom stereocenters. The Kier molecular flexibility index (Phi) is 4.00. The molecule has 2 N–H and O–H groups in total. The van der Waals surface area contributed by atoms with Crippen LogP contribution in [0.5, 0.6) is 0 Å². The molecule has 0 radical (unpaired) electrons. The SMILES string of the molecule is CCc1ccc(C(N)C2CCCC(F)(F)C2)cc1. The van der Waals surface area contributed by atoms with Gasteiger partial charge in [-0.25, -0.2) is 8.78 Å². The Bertz CT molecular complexity index is 386. The number of alkyl halides is 2. The van der Waals surface area contributed by atoms with Crippen LogP contribution >= 0.6 is 0 Å². The third-order valence-electron chi connectivity index (χ3n) is 3.96. The van der Waals surface area contributed by atoms with E-state index in [0.717, 1.165) is 18.4 Å². The standard InChI is InChI=1S/C15H21F2N/c1-2-11-5-7-12(8-6-11)14(18)13-4-3-9-15(16,17)10-13/h5-8,13-14H,2-4,9-10,18H2,1H3. The van der Waals surface area contributed by atoms with E-state index in [0.29, 0.717) is 6.42 Å². The Hall–Kier alpha value is -0.960. The molecule has 100 valence electrons. The molecule has 1 aliphatic carbocycles. The van der Waals surface area contributed by atoms with Crippen LogP contribution in [0.2, 0.25) is 0 Å². The average molecular weight is 253 g/mol. The molecule has 0 bridgehead atoms. The Morgan fingerprint density at radius 2 is 2.00 bits per heavy atom. The fraction of sp³-hybridized carbons (Fsp3) is 0.600. The van der Waals surface area contributed by atoms with Crippen molar-refractivity contribution < 1.29 is 8.78 Å².